The molecule has 27 heavy (non-hydrogen) atoms. The summed E-state index contributed by atoms with van der Waals surface area (Å²) < 4.78 is 11.1. The normalized spacial score (nSPS) is 10.7. The van der Waals surface area contributed by atoms with Gasteiger partial charge in [0, 0.05) is 17.6 Å². The van der Waals surface area contributed by atoms with E-state index in [0.29, 0.717) is 42.0 Å². The molecule has 0 unspecified atom stereocenters. The molecule has 2 aromatic carbocycles. The maximum atomic E-state index is 12.6. The second-order valence-electron chi connectivity index (χ2n) is 5.97. The summed E-state index contributed by atoms with van der Waals surface area (Å²) in [6, 6.07) is 13.1. The van der Waals surface area contributed by atoms with E-state index in [9.17, 15) is 4.79 Å². The number of nitrogens with one attached hydrogen (secondary N) is 1. The first kappa shape index (κ1) is 21.1. The third kappa shape index (κ3) is 6.45. The molecule has 0 bridgehead atoms. The maximum absolute atomic E-state index is 12.6. The predicted octanol–water partition coefficient (Wildman–Crippen LogP) is 4.60. The van der Waals surface area contributed by atoms with E-state index in [1.54, 1.807) is 6.07 Å². The van der Waals surface area contributed by atoms with Gasteiger partial charge in [-0.1, -0.05) is 36.7 Å². The number of anilines is 1. The zero-order valence-electron chi connectivity index (χ0n) is 16.1. The summed E-state index contributed by atoms with van der Waals surface area (Å²) >= 11 is 6.24. The predicted molar refractivity (Wildman–Crippen MR) is 110 cm³/mol. The first-order valence-electron chi connectivity index (χ1n) is 9.22. The quantitative estimate of drug-likeness (QED) is 0.644. The summed E-state index contributed by atoms with van der Waals surface area (Å²) in [7, 11) is 0. The number of hydrogen-bond donors (Lipinski definition) is 1. The number of benzene rings is 2. The number of carbonyl (C=O) groups excluding carboxylic acids is 1. The van der Waals surface area contributed by atoms with Gasteiger partial charge in [-0.15, -0.1) is 0 Å². The smallest absolute Gasteiger partial charge is 0.238 e. The molecule has 0 spiro atoms. The van der Waals surface area contributed by atoms with Gasteiger partial charge in [-0.3, -0.25) is 9.69 Å². The summed E-state index contributed by atoms with van der Waals surface area (Å²) in [6.45, 7) is 8.52. The fraction of sp³-hybridized carbons (Fsp3) is 0.381. The molecular weight excluding hydrogens is 364 g/mol. The second-order valence-corrected chi connectivity index (χ2v) is 6.37. The number of rotatable bonds is 10. The summed E-state index contributed by atoms with van der Waals surface area (Å²) in [5, 5.41) is 3.65. The topological polar surface area (TPSA) is 50.8 Å². The number of hydrogen-bond acceptors (Lipinski definition) is 4. The van der Waals surface area contributed by atoms with Gasteiger partial charge >= 0.3 is 0 Å². The molecule has 0 aliphatic heterocycles. The fourth-order valence-corrected chi connectivity index (χ4v) is 2.88. The Balaban J connectivity index is 2.06. The summed E-state index contributed by atoms with van der Waals surface area (Å²) in [5.74, 6) is 1.21. The number of ether oxygens (including phenoxy) is 2. The third-order valence-electron chi connectivity index (χ3n) is 4.00. The van der Waals surface area contributed by atoms with Crippen LogP contribution in [0, 0.1) is 0 Å². The Bertz CT molecular complexity index is 752. The van der Waals surface area contributed by atoms with Crippen LogP contribution < -0.4 is 14.8 Å². The highest BCUT2D eigenvalue weighted by Gasteiger charge is 2.14. The molecule has 0 saturated carbocycles. The van der Waals surface area contributed by atoms with Crippen LogP contribution in [0.1, 0.15) is 26.3 Å². The van der Waals surface area contributed by atoms with Crippen molar-refractivity contribution in [3.8, 4) is 11.5 Å². The van der Waals surface area contributed by atoms with Crippen molar-refractivity contribution in [3.63, 3.8) is 0 Å². The molecule has 0 fully saturated rings. The SMILES string of the molecule is CCOc1ccc(OCC)c(NC(=O)CN(CC)Cc2ccccc2Cl)c1. The molecule has 1 amide bonds. The van der Waals surface area contributed by atoms with Gasteiger partial charge in [-0.25, -0.2) is 0 Å². The molecule has 146 valence electrons. The van der Waals surface area contributed by atoms with Crippen molar-refractivity contribution in [2.45, 2.75) is 27.3 Å². The van der Waals surface area contributed by atoms with Crippen molar-refractivity contribution in [2.24, 2.45) is 0 Å². The highest BCUT2D eigenvalue weighted by atomic mass is 35.5. The van der Waals surface area contributed by atoms with Crippen molar-refractivity contribution in [1.29, 1.82) is 0 Å². The highest BCUT2D eigenvalue weighted by Crippen LogP contribution is 2.29. The van der Waals surface area contributed by atoms with Crippen LogP contribution >= 0.6 is 11.6 Å². The summed E-state index contributed by atoms with van der Waals surface area (Å²) in [4.78, 5) is 14.6. The van der Waals surface area contributed by atoms with Gasteiger partial charge in [0.05, 0.1) is 25.4 Å². The molecule has 6 heteroatoms. The van der Waals surface area contributed by atoms with E-state index in [4.69, 9.17) is 21.1 Å². The highest BCUT2D eigenvalue weighted by molar-refractivity contribution is 6.31. The number of nitrogens with zero attached hydrogens (tertiary/aromatic N) is 1. The first-order valence-corrected chi connectivity index (χ1v) is 9.60. The van der Waals surface area contributed by atoms with Crippen molar-refractivity contribution in [2.75, 3.05) is 31.6 Å². The van der Waals surface area contributed by atoms with Crippen LogP contribution in [0.3, 0.4) is 0 Å². The van der Waals surface area contributed by atoms with Crippen LogP contribution in [0.25, 0.3) is 0 Å². The van der Waals surface area contributed by atoms with Crippen molar-refractivity contribution in [1.82, 2.24) is 4.90 Å². The number of likely N-dealkylation sites (N-methyl/N-ethyl adjacent to an activating group) is 1. The van der Waals surface area contributed by atoms with Crippen LogP contribution in [0.15, 0.2) is 42.5 Å². The van der Waals surface area contributed by atoms with Crippen molar-refractivity contribution >= 4 is 23.2 Å². The van der Waals surface area contributed by atoms with E-state index in [-0.39, 0.29) is 12.5 Å². The van der Waals surface area contributed by atoms with E-state index >= 15 is 0 Å². The number of amides is 1. The molecule has 1 N–H and O–H groups in total. The lowest BCUT2D eigenvalue weighted by Gasteiger charge is -2.21. The molecule has 0 radical (unpaired) electrons. The molecule has 2 aromatic rings. The number of halogens is 1. The van der Waals surface area contributed by atoms with Crippen LogP contribution in [0.2, 0.25) is 5.02 Å². The first-order chi connectivity index (χ1) is 13.1. The monoisotopic (exact) mass is 390 g/mol. The van der Waals surface area contributed by atoms with E-state index in [1.807, 2.05) is 62.1 Å². The van der Waals surface area contributed by atoms with E-state index < -0.39 is 0 Å². The van der Waals surface area contributed by atoms with Crippen molar-refractivity contribution < 1.29 is 14.3 Å². The lowest BCUT2D eigenvalue weighted by atomic mass is 10.2. The van der Waals surface area contributed by atoms with Crippen LogP contribution in [-0.2, 0) is 11.3 Å². The minimum Gasteiger partial charge on any atom is -0.494 e. The van der Waals surface area contributed by atoms with Gasteiger partial charge < -0.3 is 14.8 Å². The lowest BCUT2D eigenvalue weighted by molar-refractivity contribution is -0.117. The molecule has 0 aliphatic carbocycles. The Hall–Kier alpha value is -2.24. The largest absolute Gasteiger partial charge is 0.494 e. The van der Waals surface area contributed by atoms with Gasteiger partial charge in [0.1, 0.15) is 11.5 Å². The lowest BCUT2D eigenvalue weighted by Crippen LogP contribution is -2.33. The minimum atomic E-state index is -0.112. The van der Waals surface area contributed by atoms with Crippen LogP contribution in [0.4, 0.5) is 5.69 Å². The Morgan fingerprint density at radius 1 is 1.07 bits per heavy atom. The Morgan fingerprint density at radius 3 is 2.48 bits per heavy atom. The third-order valence-corrected chi connectivity index (χ3v) is 4.37. The molecule has 5 nitrogen and oxygen atoms in total. The average Bonchev–Trinajstić information content (AvgIpc) is 2.65. The molecule has 2 rings (SSSR count). The Morgan fingerprint density at radius 2 is 1.81 bits per heavy atom. The van der Waals surface area contributed by atoms with E-state index in [1.165, 1.54) is 0 Å². The fourth-order valence-electron chi connectivity index (χ4n) is 2.68. The van der Waals surface area contributed by atoms with Gasteiger partial charge in [0.15, 0.2) is 0 Å². The zero-order valence-corrected chi connectivity index (χ0v) is 16.9. The summed E-state index contributed by atoms with van der Waals surface area (Å²) in [5.41, 5.74) is 1.61. The molecule has 0 atom stereocenters. The Kier molecular flexibility index (Phi) is 8.43. The molecule has 0 heterocycles. The minimum absolute atomic E-state index is 0.112. The van der Waals surface area contributed by atoms with Crippen LogP contribution in [-0.4, -0.2) is 37.1 Å². The molecule has 0 aromatic heterocycles. The van der Waals surface area contributed by atoms with Crippen molar-refractivity contribution in [3.05, 3.63) is 53.1 Å². The van der Waals surface area contributed by atoms with Gasteiger partial charge in [-0.2, -0.15) is 0 Å². The molecule has 0 saturated heterocycles. The summed E-state index contributed by atoms with van der Waals surface area (Å²) in [6.07, 6.45) is 0. The van der Waals surface area contributed by atoms with Gasteiger partial charge in [-0.05, 0) is 44.2 Å². The Labute approximate surface area is 166 Å². The second kappa shape index (κ2) is 10.8. The van der Waals surface area contributed by atoms with Crippen LogP contribution in [0.5, 0.6) is 11.5 Å². The molecular formula is C21H27ClN2O3. The standard InChI is InChI=1S/C21H27ClN2O3/c1-4-24(14-16-9-7-8-10-18(16)22)15-21(25)23-19-13-17(26-5-2)11-12-20(19)27-6-3/h7-13H,4-6,14-15H2,1-3H3,(H,23,25). The van der Waals surface area contributed by atoms with Gasteiger partial charge in [0.25, 0.3) is 0 Å². The molecule has 0 aliphatic rings. The average molecular weight is 391 g/mol. The van der Waals surface area contributed by atoms with Gasteiger partial charge in [0.2, 0.25) is 5.91 Å². The zero-order chi connectivity index (χ0) is 19.6. The van der Waals surface area contributed by atoms with E-state index in [2.05, 4.69) is 5.32 Å². The van der Waals surface area contributed by atoms with E-state index in [0.717, 1.165) is 12.1 Å². The number of carbonyl (C=O) groups is 1. The maximum Gasteiger partial charge on any atom is 0.238 e.